The van der Waals surface area contributed by atoms with Gasteiger partial charge in [0, 0.05) is 6.04 Å². The molecule has 0 saturated heterocycles. The van der Waals surface area contributed by atoms with E-state index in [-0.39, 0.29) is 17.6 Å². The van der Waals surface area contributed by atoms with Crippen LogP contribution in [0.5, 0.6) is 5.75 Å². The minimum absolute atomic E-state index is 0.152. The summed E-state index contributed by atoms with van der Waals surface area (Å²) in [6.45, 7) is 2.87. The van der Waals surface area contributed by atoms with Gasteiger partial charge in [0.15, 0.2) is 0 Å². The summed E-state index contributed by atoms with van der Waals surface area (Å²) in [5.41, 5.74) is 1.77. The largest absolute Gasteiger partial charge is 0.508 e. The molecule has 0 aliphatic heterocycles. The average molecular weight is 273 g/mol. The maximum atomic E-state index is 13.7. The van der Waals surface area contributed by atoms with Gasteiger partial charge in [-0.3, -0.25) is 0 Å². The monoisotopic (exact) mass is 273 g/mol. The van der Waals surface area contributed by atoms with Gasteiger partial charge in [0.25, 0.3) is 0 Å². The predicted octanol–water partition coefficient (Wildman–Crippen LogP) is 3.29. The smallest absolute Gasteiger partial charge is 0.126 e. The lowest BCUT2D eigenvalue weighted by Crippen LogP contribution is -2.33. The Kier molecular flexibility index (Phi) is 5.13. The van der Waals surface area contributed by atoms with Crippen LogP contribution in [-0.2, 0) is 12.8 Å². The maximum absolute atomic E-state index is 13.7. The van der Waals surface area contributed by atoms with Crippen LogP contribution in [0, 0.1) is 5.82 Å². The molecule has 106 valence electrons. The molecule has 0 aliphatic rings. The summed E-state index contributed by atoms with van der Waals surface area (Å²) in [7, 11) is 0. The van der Waals surface area contributed by atoms with Gasteiger partial charge in [0.1, 0.15) is 11.6 Å². The zero-order valence-electron chi connectivity index (χ0n) is 11.6. The minimum atomic E-state index is -0.161. The second kappa shape index (κ2) is 7.06. The molecule has 0 radical (unpaired) electrons. The Labute approximate surface area is 119 Å². The van der Waals surface area contributed by atoms with Gasteiger partial charge in [-0.25, -0.2) is 4.39 Å². The Morgan fingerprint density at radius 2 is 1.90 bits per heavy atom. The zero-order chi connectivity index (χ0) is 14.4. The summed E-state index contributed by atoms with van der Waals surface area (Å²) in [5.74, 6) is 0.106. The van der Waals surface area contributed by atoms with Gasteiger partial charge in [-0.15, -0.1) is 0 Å². The summed E-state index contributed by atoms with van der Waals surface area (Å²) in [6, 6.07) is 14.2. The first-order chi connectivity index (χ1) is 9.69. The van der Waals surface area contributed by atoms with Crippen LogP contribution < -0.4 is 5.32 Å². The highest BCUT2D eigenvalue weighted by atomic mass is 19.1. The van der Waals surface area contributed by atoms with Crippen molar-refractivity contribution in [2.45, 2.75) is 25.8 Å². The van der Waals surface area contributed by atoms with Crippen LogP contribution in [0.15, 0.2) is 48.5 Å². The molecule has 0 fully saturated rings. The van der Waals surface area contributed by atoms with Gasteiger partial charge in [-0.1, -0.05) is 37.3 Å². The molecule has 1 atom stereocenters. The number of hydrogen-bond donors (Lipinski definition) is 2. The molecule has 2 rings (SSSR count). The van der Waals surface area contributed by atoms with Crippen molar-refractivity contribution in [2.75, 3.05) is 6.54 Å². The highest BCUT2D eigenvalue weighted by Crippen LogP contribution is 2.15. The fourth-order valence-corrected chi connectivity index (χ4v) is 2.40. The third kappa shape index (κ3) is 4.07. The maximum Gasteiger partial charge on any atom is 0.126 e. The number of halogens is 1. The van der Waals surface area contributed by atoms with Gasteiger partial charge < -0.3 is 10.4 Å². The van der Waals surface area contributed by atoms with Crippen LogP contribution >= 0.6 is 0 Å². The topological polar surface area (TPSA) is 32.3 Å². The number of likely N-dealkylation sites (N-methyl/N-ethyl adjacent to an activating group) is 1. The number of aromatic hydroxyl groups is 1. The Morgan fingerprint density at radius 1 is 1.10 bits per heavy atom. The van der Waals surface area contributed by atoms with Gasteiger partial charge in [-0.05, 0) is 48.7 Å². The van der Waals surface area contributed by atoms with Crippen molar-refractivity contribution in [3.63, 3.8) is 0 Å². The van der Waals surface area contributed by atoms with Crippen molar-refractivity contribution < 1.29 is 9.50 Å². The van der Waals surface area contributed by atoms with Crippen molar-refractivity contribution in [3.8, 4) is 5.75 Å². The van der Waals surface area contributed by atoms with Gasteiger partial charge in [0.05, 0.1) is 0 Å². The SMILES string of the molecule is CCNC(Cc1cccc(O)c1)Cc1ccccc1F. The first kappa shape index (κ1) is 14.5. The number of nitrogens with one attached hydrogen (secondary N) is 1. The van der Waals surface area contributed by atoms with E-state index in [1.807, 2.05) is 31.2 Å². The Bertz CT molecular complexity index is 556. The van der Waals surface area contributed by atoms with Crippen LogP contribution in [0.1, 0.15) is 18.1 Å². The summed E-state index contributed by atoms with van der Waals surface area (Å²) in [5, 5.41) is 12.9. The molecule has 0 saturated carbocycles. The summed E-state index contributed by atoms with van der Waals surface area (Å²) in [4.78, 5) is 0. The molecule has 0 aliphatic carbocycles. The van der Waals surface area contributed by atoms with Gasteiger partial charge in [-0.2, -0.15) is 0 Å². The molecule has 0 aromatic heterocycles. The number of phenols is 1. The van der Waals surface area contributed by atoms with Crippen molar-refractivity contribution in [1.29, 1.82) is 0 Å². The molecule has 0 heterocycles. The molecule has 0 bridgehead atoms. The Balaban J connectivity index is 2.09. The summed E-state index contributed by atoms with van der Waals surface area (Å²) >= 11 is 0. The van der Waals surface area contributed by atoms with E-state index in [0.29, 0.717) is 6.42 Å². The Hall–Kier alpha value is -1.87. The fourth-order valence-electron chi connectivity index (χ4n) is 2.40. The molecule has 2 N–H and O–H groups in total. The fraction of sp³-hybridized carbons (Fsp3) is 0.294. The lowest BCUT2D eigenvalue weighted by Gasteiger charge is -2.18. The molecule has 20 heavy (non-hydrogen) atoms. The van der Waals surface area contributed by atoms with E-state index >= 15 is 0 Å². The van der Waals surface area contributed by atoms with E-state index in [1.54, 1.807) is 18.2 Å². The van der Waals surface area contributed by atoms with Crippen LogP contribution in [0.2, 0.25) is 0 Å². The second-order valence-electron chi connectivity index (χ2n) is 4.92. The van der Waals surface area contributed by atoms with Gasteiger partial charge in [0.2, 0.25) is 0 Å². The summed E-state index contributed by atoms with van der Waals surface area (Å²) < 4.78 is 13.7. The minimum Gasteiger partial charge on any atom is -0.508 e. The average Bonchev–Trinajstić information content (AvgIpc) is 2.42. The third-order valence-corrected chi connectivity index (χ3v) is 3.31. The normalized spacial score (nSPS) is 12.3. The van der Waals surface area contributed by atoms with Crippen molar-refractivity contribution >= 4 is 0 Å². The van der Waals surface area contributed by atoms with E-state index < -0.39 is 0 Å². The quantitative estimate of drug-likeness (QED) is 0.846. The standard InChI is InChI=1S/C17H20FNO/c1-2-19-15(10-13-6-5-8-16(20)11-13)12-14-7-3-4-9-17(14)18/h3-9,11,15,19-20H,2,10,12H2,1H3. The van der Waals surface area contributed by atoms with Crippen LogP contribution in [0.3, 0.4) is 0 Å². The van der Waals surface area contributed by atoms with Crippen LogP contribution in [0.4, 0.5) is 4.39 Å². The van der Waals surface area contributed by atoms with E-state index in [0.717, 1.165) is 24.1 Å². The second-order valence-corrected chi connectivity index (χ2v) is 4.92. The first-order valence-corrected chi connectivity index (χ1v) is 6.93. The molecule has 3 heteroatoms. The van der Waals surface area contributed by atoms with E-state index in [9.17, 15) is 9.50 Å². The first-order valence-electron chi connectivity index (χ1n) is 6.93. The van der Waals surface area contributed by atoms with E-state index in [4.69, 9.17) is 0 Å². The summed E-state index contributed by atoms with van der Waals surface area (Å²) in [6.07, 6.45) is 1.40. The predicted molar refractivity (Wildman–Crippen MR) is 79.4 cm³/mol. The molecule has 1 unspecified atom stereocenters. The van der Waals surface area contributed by atoms with Crippen LogP contribution in [0.25, 0.3) is 0 Å². The molecule has 2 aromatic carbocycles. The number of benzene rings is 2. The molecular formula is C17H20FNO. The lowest BCUT2D eigenvalue weighted by molar-refractivity contribution is 0.471. The highest BCUT2D eigenvalue weighted by molar-refractivity contribution is 5.28. The highest BCUT2D eigenvalue weighted by Gasteiger charge is 2.12. The molecule has 0 amide bonds. The van der Waals surface area contributed by atoms with Crippen molar-refractivity contribution in [1.82, 2.24) is 5.32 Å². The molecule has 0 spiro atoms. The number of rotatable bonds is 6. The van der Waals surface area contributed by atoms with Gasteiger partial charge >= 0.3 is 0 Å². The lowest BCUT2D eigenvalue weighted by atomic mass is 9.98. The number of hydrogen-bond acceptors (Lipinski definition) is 2. The van der Waals surface area contributed by atoms with Crippen molar-refractivity contribution in [3.05, 3.63) is 65.5 Å². The van der Waals surface area contributed by atoms with Crippen LogP contribution in [-0.4, -0.2) is 17.7 Å². The molecule has 2 nitrogen and oxygen atoms in total. The zero-order valence-corrected chi connectivity index (χ0v) is 11.6. The van der Waals surface area contributed by atoms with E-state index in [2.05, 4.69) is 5.32 Å². The molecule has 2 aromatic rings. The number of phenolic OH excluding ortho intramolecular Hbond substituents is 1. The Morgan fingerprint density at radius 3 is 2.60 bits per heavy atom. The molecular weight excluding hydrogens is 253 g/mol. The third-order valence-electron chi connectivity index (χ3n) is 3.31. The van der Waals surface area contributed by atoms with Crippen molar-refractivity contribution in [2.24, 2.45) is 0 Å². The van der Waals surface area contributed by atoms with E-state index in [1.165, 1.54) is 6.07 Å².